The lowest BCUT2D eigenvalue weighted by Crippen LogP contribution is -2.35. The molecule has 0 aromatic rings. The van der Waals surface area contributed by atoms with Gasteiger partial charge in [-0.1, -0.05) is 65.7 Å². The van der Waals surface area contributed by atoms with Crippen molar-refractivity contribution in [2.45, 2.75) is 131 Å². The van der Waals surface area contributed by atoms with E-state index < -0.39 is 5.60 Å². The number of rotatable bonds is 5. The highest BCUT2D eigenvalue weighted by Gasteiger charge is 2.60. The van der Waals surface area contributed by atoms with Crippen LogP contribution in [0.2, 0.25) is 0 Å². The molecular weight excluding hydrogens is 408 g/mol. The van der Waals surface area contributed by atoms with Gasteiger partial charge < -0.3 is 15.3 Å². The van der Waals surface area contributed by atoms with Gasteiger partial charge in [-0.2, -0.15) is 0 Å². The zero-order valence-corrected chi connectivity index (χ0v) is 23.3. The number of hydrogen-bond acceptors (Lipinski definition) is 3. The van der Waals surface area contributed by atoms with E-state index in [1.807, 2.05) is 0 Å². The van der Waals surface area contributed by atoms with Crippen molar-refractivity contribution in [1.82, 2.24) is 0 Å². The van der Waals surface area contributed by atoms with Crippen molar-refractivity contribution in [2.75, 3.05) is 0 Å². The minimum atomic E-state index is -0.702. The fraction of sp³-hybridized carbons (Fsp3) is 0.867. The van der Waals surface area contributed by atoms with E-state index in [1.54, 1.807) is 13.0 Å². The van der Waals surface area contributed by atoms with E-state index in [4.69, 9.17) is 0 Å². The Morgan fingerprint density at radius 1 is 1.09 bits per heavy atom. The second-order valence-corrected chi connectivity index (χ2v) is 12.9. The summed E-state index contributed by atoms with van der Waals surface area (Å²) in [6.45, 7) is 23.0. The second-order valence-electron chi connectivity index (χ2n) is 12.9. The molecule has 2 bridgehead atoms. The largest absolute Gasteiger partial charge is 0.393 e. The molecule has 0 radical (unpaired) electrons. The van der Waals surface area contributed by atoms with Gasteiger partial charge >= 0.3 is 0 Å². The molecule has 3 fully saturated rings. The minimum absolute atomic E-state index is 0.0289. The van der Waals surface area contributed by atoms with E-state index in [0.29, 0.717) is 17.3 Å². The molecule has 3 N–H and O–H groups in total. The van der Waals surface area contributed by atoms with Gasteiger partial charge in [0.05, 0.1) is 17.8 Å². The average Bonchev–Trinajstić information content (AvgIpc) is 3.01. The van der Waals surface area contributed by atoms with Gasteiger partial charge in [0.1, 0.15) is 0 Å². The van der Waals surface area contributed by atoms with Crippen LogP contribution in [0.4, 0.5) is 0 Å². The van der Waals surface area contributed by atoms with Crippen LogP contribution in [-0.2, 0) is 0 Å². The smallest absolute Gasteiger partial charge is 0.0800 e. The van der Waals surface area contributed by atoms with Crippen LogP contribution in [0.5, 0.6) is 0 Å². The summed E-state index contributed by atoms with van der Waals surface area (Å²) < 4.78 is 0. The van der Waals surface area contributed by atoms with Crippen LogP contribution in [-0.4, -0.2) is 33.1 Å². The fourth-order valence-electron chi connectivity index (χ4n) is 6.07. The summed E-state index contributed by atoms with van der Waals surface area (Å²) in [4.78, 5) is 0. The summed E-state index contributed by atoms with van der Waals surface area (Å²) in [6.07, 6.45) is 12.5. The first kappa shape index (κ1) is 30.4. The van der Waals surface area contributed by atoms with Gasteiger partial charge in [-0.15, -0.1) is 6.58 Å². The van der Waals surface area contributed by atoms with Crippen molar-refractivity contribution in [1.29, 1.82) is 0 Å². The Balaban J connectivity index is 0.000000247. The molecule has 3 aliphatic carbocycles. The highest BCUT2D eigenvalue weighted by Crippen LogP contribution is 2.65. The predicted molar refractivity (Wildman–Crippen MR) is 142 cm³/mol. The first-order valence-corrected chi connectivity index (χ1v) is 13.4. The average molecular weight is 465 g/mol. The molecule has 0 spiro atoms. The molecule has 0 heterocycles. The zero-order chi connectivity index (χ0) is 25.6. The number of fused-ring (bicyclic) bond motifs is 2. The lowest BCUT2D eigenvalue weighted by atomic mass is 9.70. The van der Waals surface area contributed by atoms with Gasteiger partial charge in [0.25, 0.3) is 0 Å². The minimum Gasteiger partial charge on any atom is -0.393 e. The fourth-order valence-corrected chi connectivity index (χ4v) is 6.07. The summed E-state index contributed by atoms with van der Waals surface area (Å²) in [5.74, 6) is 2.73. The van der Waals surface area contributed by atoms with Gasteiger partial charge in [-0.25, -0.2) is 0 Å². The Labute approximate surface area is 205 Å². The summed E-state index contributed by atoms with van der Waals surface area (Å²) in [5, 5.41) is 29.0. The van der Waals surface area contributed by atoms with Crippen LogP contribution >= 0.6 is 0 Å². The van der Waals surface area contributed by atoms with Crippen LogP contribution in [0.15, 0.2) is 24.3 Å². The molecule has 0 saturated heterocycles. The van der Waals surface area contributed by atoms with E-state index >= 15 is 0 Å². The van der Waals surface area contributed by atoms with Crippen LogP contribution in [0.25, 0.3) is 0 Å². The number of aliphatic hydroxyl groups excluding tert-OH is 2. The van der Waals surface area contributed by atoms with E-state index in [9.17, 15) is 15.3 Å². The topological polar surface area (TPSA) is 60.7 Å². The van der Waals surface area contributed by atoms with Gasteiger partial charge in [0.2, 0.25) is 0 Å². The van der Waals surface area contributed by atoms with Gasteiger partial charge in [-0.05, 0) is 100 Å². The van der Waals surface area contributed by atoms with Crippen LogP contribution in [0.1, 0.15) is 114 Å². The van der Waals surface area contributed by atoms with E-state index in [0.717, 1.165) is 37.5 Å². The van der Waals surface area contributed by atoms with Crippen LogP contribution in [0.3, 0.4) is 0 Å². The first-order chi connectivity index (χ1) is 15.1. The first-order valence-electron chi connectivity index (χ1n) is 13.4. The zero-order valence-electron chi connectivity index (χ0n) is 23.3. The normalized spacial score (nSPS) is 36.1. The van der Waals surface area contributed by atoms with E-state index in [1.165, 1.54) is 31.3 Å². The van der Waals surface area contributed by atoms with Crippen molar-refractivity contribution >= 4 is 0 Å². The Kier molecular flexibility index (Phi) is 11.4. The molecular formula is C30H56O3. The summed E-state index contributed by atoms with van der Waals surface area (Å²) in [7, 11) is 0. The van der Waals surface area contributed by atoms with Crippen LogP contribution < -0.4 is 0 Å². The van der Waals surface area contributed by atoms with Crippen molar-refractivity contribution < 1.29 is 15.3 Å². The highest BCUT2D eigenvalue weighted by atomic mass is 16.3. The number of hydrogen-bond donors (Lipinski definition) is 3. The molecule has 0 amide bonds. The standard InChI is InChI=1S/C10H18O.C10H20O.C10H18O/c1-9(2)7-4-5-10(9,3)8(11)6-7;1-7(2)9-5-4-8(3)6-10(9)11;1-5-10(4,11)8-6-7-9(2)3/h7-8,11H,4-6H2,1-3H3;7-11H,4-6H2,1-3H3;5,7,11H,1,6,8H2,2-4H3/t7-,8+,10+;;/m1../s1. The Hall–Kier alpha value is -0.640. The summed E-state index contributed by atoms with van der Waals surface area (Å²) in [5.41, 5.74) is 1.20. The molecule has 7 atom stereocenters. The maximum Gasteiger partial charge on any atom is 0.0800 e. The van der Waals surface area contributed by atoms with Crippen molar-refractivity contribution in [3.05, 3.63) is 24.3 Å². The second kappa shape index (κ2) is 12.4. The molecule has 194 valence electrons. The van der Waals surface area contributed by atoms with Gasteiger partial charge in [-0.3, -0.25) is 0 Å². The number of aliphatic hydroxyl groups is 3. The van der Waals surface area contributed by atoms with Crippen molar-refractivity contribution in [3.63, 3.8) is 0 Å². The quantitative estimate of drug-likeness (QED) is 0.374. The maximum atomic E-state index is 9.81. The third-order valence-electron chi connectivity index (χ3n) is 9.38. The molecule has 0 aromatic carbocycles. The molecule has 3 aliphatic rings. The lowest BCUT2D eigenvalue weighted by molar-refractivity contribution is 0.0126. The molecule has 3 saturated carbocycles. The molecule has 4 unspecified atom stereocenters. The third kappa shape index (κ3) is 8.22. The van der Waals surface area contributed by atoms with Gasteiger partial charge in [0.15, 0.2) is 0 Å². The SMILES string of the molecule is C=CC(C)(O)CCC=C(C)C.CC1(C)[C@@H]2CC[C@@]1(C)[C@@H](O)C2.CC1CCC(C(C)C)C(O)C1. The molecule has 3 heteroatoms. The maximum absolute atomic E-state index is 9.81. The summed E-state index contributed by atoms with van der Waals surface area (Å²) in [6, 6.07) is 0. The summed E-state index contributed by atoms with van der Waals surface area (Å²) >= 11 is 0. The van der Waals surface area contributed by atoms with Gasteiger partial charge in [0, 0.05) is 0 Å². The molecule has 33 heavy (non-hydrogen) atoms. The Morgan fingerprint density at radius 2 is 1.70 bits per heavy atom. The molecule has 3 nitrogen and oxygen atoms in total. The molecule has 3 rings (SSSR count). The third-order valence-corrected chi connectivity index (χ3v) is 9.38. The number of allylic oxidation sites excluding steroid dienone is 2. The van der Waals surface area contributed by atoms with E-state index in [2.05, 4.69) is 68.0 Å². The Morgan fingerprint density at radius 3 is 2.03 bits per heavy atom. The lowest BCUT2D eigenvalue weighted by Gasteiger charge is -2.36. The van der Waals surface area contributed by atoms with Crippen LogP contribution in [0, 0.1) is 34.5 Å². The Bertz CT molecular complexity index is 628. The highest BCUT2D eigenvalue weighted by molar-refractivity contribution is 5.10. The monoisotopic (exact) mass is 464 g/mol. The predicted octanol–water partition coefficient (Wildman–Crippen LogP) is 7.30. The van der Waals surface area contributed by atoms with Crippen molar-refractivity contribution in [2.24, 2.45) is 34.5 Å². The molecule has 0 aliphatic heterocycles. The van der Waals surface area contributed by atoms with Crippen molar-refractivity contribution in [3.8, 4) is 0 Å². The van der Waals surface area contributed by atoms with E-state index in [-0.39, 0.29) is 17.6 Å². The molecule has 0 aromatic heterocycles.